The fraction of sp³-hybridized carbons (Fsp3) is 0.462. The molecule has 0 atom stereocenters. The quantitative estimate of drug-likeness (QED) is 0.708. The van der Waals surface area contributed by atoms with E-state index in [1.807, 2.05) is 52.0 Å². The van der Waals surface area contributed by atoms with E-state index in [-0.39, 0.29) is 5.78 Å². The lowest BCUT2D eigenvalue weighted by Gasteiger charge is -2.14. The first-order valence-electron chi connectivity index (χ1n) is 5.70. The lowest BCUT2D eigenvalue weighted by Crippen LogP contribution is -2.29. The van der Waals surface area contributed by atoms with Crippen LogP contribution in [0.25, 0.3) is 0 Å². The second kappa shape index (κ2) is 8.18. The summed E-state index contributed by atoms with van der Waals surface area (Å²) < 4.78 is 0. The number of hydrogen-bond donors (Lipinski definition) is 1. The SMILES string of the molecule is CC.CC.O=C1CNCc2ccccc21. The first kappa shape index (κ1) is 13.8. The van der Waals surface area contributed by atoms with Gasteiger partial charge in [-0.15, -0.1) is 0 Å². The molecular weight excluding hydrogens is 186 g/mol. The topological polar surface area (TPSA) is 29.1 Å². The van der Waals surface area contributed by atoms with E-state index in [9.17, 15) is 4.79 Å². The van der Waals surface area contributed by atoms with Crippen LogP contribution in [0, 0.1) is 0 Å². The zero-order valence-electron chi connectivity index (χ0n) is 10.1. The summed E-state index contributed by atoms with van der Waals surface area (Å²) in [5, 5.41) is 3.04. The van der Waals surface area contributed by atoms with Gasteiger partial charge in [0.2, 0.25) is 0 Å². The minimum absolute atomic E-state index is 0.201. The number of nitrogens with one attached hydrogen (secondary N) is 1. The van der Waals surface area contributed by atoms with E-state index in [0.717, 1.165) is 17.7 Å². The highest BCUT2D eigenvalue weighted by Gasteiger charge is 2.14. The molecule has 0 bridgehead atoms. The second-order valence-electron chi connectivity index (χ2n) is 2.68. The number of carbonyl (C=O) groups is 1. The smallest absolute Gasteiger partial charge is 0.176 e. The van der Waals surface area contributed by atoms with Crippen LogP contribution in [0.4, 0.5) is 0 Å². The largest absolute Gasteiger partial charge is 0.306 e. The Balaban J connectivity index is 0.000000442. The van der Waals surface area contributed by atoms with Crippen LogP contribution in [0.2, 0.25) is 0 Å². The van der Waals surface area contributed by atoms with Crippen LogP contribution in [-0.4, -0.2) is 12.3 Å². The van der Waals surface area contributed by atoms with E-state index >= 15 is 0 Å². The van der Waals surface area contributed by atoms with Gasteiger partial charge in [-0.3, -0.25) is 4.79 Å². The average molecular weight is 207 g/mol. The first-order chi connectivity index (χ1) is 7.38. The molecule has 0 aromatic heterocycles. The summed E-state index contributed by atoms with van der Waals surface area (Å²) in [5.74, 6) is 0.201. The van der Waals surface area contributed by atoms with Crippen LogP contribution >= 0.6 is 0 Å². The predicted octanol–water partition coefficient (Wildman–Crippen LogP) is 3.02. The number of ketones is 1. The lowest BCUT2D eigenvalue weighted by atomic mass is 10.0. The standard InChI is InChI=1S/C9H9NO.2C2H6/c11-9-6-10-5-7-3-1-2-4-8(7)9;2*1-2/h1-4,10H,5-6H2;2*1-2H3. The van der Waals surface area contributed by atoms with Crippen LogP contribution in [-0.2, 0) is 6.54 Å². The van der Waals surface area contributed by atoms with Gasteiger partial charge in [0.15, 0.2) is 5.78 Å². The highest BCUT2D eigenvalue weighted by molar-refractivity contribution is 5.99. The molecule has 84 valence electrons. The van der Waals surface area contributed by atoms with Crippen molar-refractivity contribution in [3.05, 3.63) is 35.4 Å². The Morgan fingerprint density at radius 3 is 2.20 bits per heavy atom. The molecule has 1 heterocycles. The maximum absolute atomic E-state index is 11.2. The monoisotopic (exact) mass is 207 g/mol. The van der Waals surface area contributed by atoms with Crippen LogP contribution in [0.1, 0.15) is 43.6 Å². The Kier molecular flexibility index (Phi) is 7.56. The molecule has 1 aliphatic rings. The van der Waals surface area contributed by atoms with Crippen LogP contribution < -0.4 is 5.32 Å². The zero-order chi connectivity index (χ0) is 11.7. The molecule has 2 rings (SSSR count). The number of Topliss-reactive ketones (excluding diaryl/α,β-unsaturated/α-hetero) is 1. The summed E-state index contributed by atoms with van der Waals surface area (Å²) in [6, 6.07) is 7.74. The molecule has 0 spiro atoms. The molecule has 0 unspecified atom stereocenters. The molecule has 0 saturated carbocycles. The van der Waals surface area contributed by atoms with Crippen molar-refractivity contribution >= 4 is 5.78 Å². The van der Waals surface area contributed by atoms with Gasteiger partial charge < -0.3 is 5.32 Å². The first-order valence-corrected chi connectivity index (χ1v) is 5.70. The summed E-state index contributed by atoms with van der Waals surface area (Å²) in [4.78, 5) is 11.2. The summed E-state index contributed by atoms with van der Waals surface area (Å²) in [6.07, 6.45) is 0. The summed E-state index contributed by atoms with van der Waals surface area (Å²) >= 11 is 0. The Morgan fingerprint density at radius 1 is 1.00 bits per heavy atom. The van der Waals surface area contributed by atoms with Gasteiger partial charge >= 0.3 is 0 Å². The van der Waals surface area contributed by atoms with Gasteiger partial charge in [0.1, 0.15) is 0 Å². The van der Waals surface area contributed by atoms with Crippen LogP contribution in [0.3, 0.4) is 0 Å². The average Bonchev–Trinajstić information content (AvgIpc) is 2.35. The van der Waals surface area contributed by atoms with Crippen molar-refractivity contribution in [3.63, 3.8) is 0 Å². The maximum atomic E-state index is 11.2. The molecule has 0 radical (unpaired) electrons. The van der Waals surface area contributed by atoms with Crippen molar-refractivity contribution in [2.45, 2.75) is 34.2 Å². The minimum Gasteiger partial charge on any atom is -0.306 e. The Morgan fingerprint density at radius 2 is 1.60 bits per heavy atom. The van der Waals surface area contributed by atoms with Crippen molar-refractivity contribution in [1.29, 1.82) is 0 Å². The normalized spacial score (nSPS) is 12.7. The molecule has 0 amide bonds. The Labute approximate surface area is 92.7 Å². The minimum atomic E-state index is 0.201. The third kappa shape index (κ3) is 3.84. The van der Waals surface area contributed by atoms with Gasteiger partial charge in [-0.05, 0) is 5.56 Å². The number of carbonyl (C=O) groups excluding carboxylic acids is 1. The van der Waals surface area contributed by atoms with E-state index < -0.39 is 0 Å². The number of rotatable bonds is 0. The van der Waals surface area contributed by atoms with Gasteiger partial charge in [0, 0.05) is 12.1 Å². The molecule has 1 aromatic carbocycles. The number of fused-ring (bicyclic) bond motifs is 1. The number of benzene rings is 1. The summed E-state index contributed by atoms with van der Waals surface area (Å²) in [5.41, 5.74) is 2.00. The highest BCUT2D eigenvalue weighted by Crippen LogP contribution is 2.11. The van der Waals surface area contributed by atoms with Crippen LogP contribution in [0.5, 0.6) is 0 Å². The molecule has 0 aliphatic carbocycles. The van der Waals surface area contributed by atoms with Crippen LogP contribution in [0.15, 0.2) is 24.3 Å². The van der Waals surface area contributed by atoms with Crippen molar-refractivity contribution in [3.8, 4) is 0 Å². The van der Waals surface area contributed by atoms with Gasteiger partial charge in [0.05, 0.1) is 6.54 Å². The third-order valence-electron chi connectivity index (χ3n) is 1.92. The van der Waals surface area contributed by atoms with Crippen molar-refractivity contribution in [2.24, 2.45) is 0 Å². The van der Waals surface area contributed by atoms with Gasteiger partial charge in [-0.2, -0.15) is 0 Å². The molecule has 1 N–H and O–H groups in total. The predicted molar refractivity (Wildman–Crippen MR) is 65.2 cm³/mol. The molecule has 1 aliphatic heterocycles. The Hall–Kier alpha value is -1.15. The number of hydrogen-bond acceptors (Lipinski definition) is 2. The maximum Gasteiger partial charge on any atom is 0.176 e. The highest BCUT2D eigenvalue weighted by atomic mass is 16.1. The zero-order valence-corrected chi connectivity index (χ0v) is 10.1. The fourth-order valence-electron chi connectivity index (χ4n) is 1.35. The molecule has 2 nitrogen and oxygen atoms in total. The summed E-state index contributed by atoms with van der Waals surface area (Å²) in [6.45, 7) is 9.30. The fourth-order valence-corrected chi connectivity index (χ4v) is 1.35. The van der Waals surface area contributed by atoms with E-state index in [2.05, 4.69) is 5.32 Å². The third-order valence-corrected chi connectivity index (χ3v) is 1.92. The molecule has 15 heavy (non-hydrogen) atoms. The lowest BCUT2D eigenvalue weighted by molar-refractivity contribution is 0.0982. The second-order valence-corrected chi connectivity index (χ2v) is 2.68. The summed E-state index contributed by atoms with van der Waals surface area (Å²) in [7, 11) is 0. The van der Waals surface area contributed by atoms with E-state index in [0.29, 0.717) is 6.54 Å². The molecule has 1 aromatic rings. The van der Waals surface area contributed by atoms with E-state index in [1.165, 1.54) is 0 Å². The van der Waals surface area contributed by atoms with Gasteiger partial charge in [-0.25, -0.2) is 0 Å². The molecule has 0 saturated heterocycles. The van der Waals surface area contributed by atoms with E-state index in [4.69, 9.17) is 0 Å². The van der Waals surface area contributed by atoms with Crippen molar-refractivity contribution in [1.82, 2.24) is 5.32 Å². The van der Waals surface area contributed by atoms with Gasteiger partial charge in [0.25, 0.3) is 0 Å². The van der Waals surface area contributed by atoms with Crippen molar-refractivity contribution in [2.75, 3.05) is 6.54 Å². The van der Waals surface area contributed by atoms with Gasteiger partial charge in [-0.1, -0.05) is 52.0 Å². The molecule has 2 heteroatoms. The van der Waals surface area contributed by atoms with E-state index in [1.54, 1.807) is 0 Å². The van der Waals surface area contributed by atoms with Crippen molar-refractivity contribution < 1.29 is 4.79 Å². The molecular formula is C13H21NO. The molecule has 0 fully saturated rings. The Bertz CT molecular complexity index is 294.